The predicted molar refractivity (Wildman–Crippen MR) is 69.6 cm³/mol. The summed E-state index contributed by atoms with van der Waals surface area (Å²) in [5.41, 5.74) is 0.107. The highest BCUT2D eigenvalue weighted by Crippen LogP contribution is 2.20. The molecule has 0 radical (unpaired) electrons. The number of benzene rings is 1. The second kappa shape index (κ2) is 6.67. The van der Waals surface area contributed by atoms with Gasteiger partial charge in [-0.15, -0.1) is 0 Å². The van der Waals surface area contributed by atoms with Crippen LogP contribution in [0.1, 0.15) is 12.0 Å². The van der Waals surface area contributed by atoms with Crippen LogP contribution in [0, 0.1) is 11.3 Å². The molecule has 0 bridgehead atoms. The molecule has 1 aromatic carbocycles. The number of sulfonamides is 1. The van der Waals surface area contributed by atoms with Crippen LogP contribution in [-0.4, -0.2) is 37.2 Å². The van der Waals surface area contributed by atoms with Crippen molar-refractivity contribution in [2.45, 2.75) is 17.4 Å². The van der Waals surface area contributed by atoms with Gasteiger partial charge in [-0.1, -0.05) is 11.6 Å². The fraction of sp³-hybridized carbons (Fsp3) is 0.273. The van der Waals surface area contributed by atoms with Crippen LogP contribution in [0.4, 0.5) is 0 Å². The van der Waals surface area contributed by atoms with Crippen molar-refractivity contribution in [2.24, 2.45) is 0 Å². The Balaban J connectivity index is 3.08. The van der Waals surface area contributed by atoms with E-state index in [1.54, 1.807) is 6.07 Å². The topological polar surface area (TPSA) is 127 Å². The van der Waals surface area contributed by atoms with Crippen molar-refractivity contribution in [3.63, 3.8) is 0 Å². The fourth-order valence-corrected chi connectivity index (χ4v) is 2.91. The Hall–Kier alpha value is -1.66. The third-order valence-corrected chi connectivity index (χ3v) is 4.17. The van der Waals surface area contributed by atoms with Gasteiger partial charge < -0.3 is 10.2 Å². The average molecular weight is 319 g/mol. The van der Waals surface area contributed by atoms with E-state index in [1.165, 1.54) is 6.07 Å². The first-order valence-electron chi connectivity index (χ1n) is 5.37. The molecule has 0 saturated heterocycles. The number of hydrogen-bond donors (Lipinski definition) is 3. The zero-order valence-corrected chi connectivity index (χ0v) is 11.6. The number of carbonyl (C=O) groups is 1. The van der Waals surface area contributed by atoms with Crippen molar-refractivity contribution in [1.82, 2.24) is 4.72 Å². The molecule has 0 heterocycles. The molecule has 0 spiro atoms. The molecular weight excluding hydrogens is 308 g/mol. The van der Waals surface area contributed by atoms with Gasteiger partial charge in [0, 0.05) is 6.61 Å². The number of aliphatic carboxylic acids is 1. The smallest absolute Gasteiger partial charge is 0.321 e. The number of aliphatic hydroxyl groups excluding tert-OH is 1. The van der Waals surface area contributed by atoms with Crippen LogP contribution in [0.25, 0.3) is 0 Å². The molecule has 0 fully saturated rings. The Morgan fingerprint density at radius 2 is 2.15 bits per heavy atom. The third kappa shape index (κ3) is 3.91. The number of carboxylic acids is 1. The minimum atomic E-state index is -4.11. The van der Waals surface area contributed by atoms with Gasteiger partial charge in [-0.2, -0.15) is 9.98 Å². The summed E-state index contributed by atoms with van der Waals surface area (Å²) in [6.45, 7) is -0.479. The van der Waals surface area contributed by atoms with Crippen molar-refractivity contribution in [3.8, 4) is 6.07 Å². The van der Waals surface area contributed by atoms with Gasteiger partial charge in [-0.05, 0) is 24.6 Å². The largest absolute Gasteiger partial charge is 0.480 e. The lowest BCUT2D eigenvalue weighted by atomic mass is 10.2. The van der Waals surface area contributed by atoms with E-state index in [0.717, 1.165) is 12.1 Å². The number of nitrogens with one attached hydrogen (secondary N) is 1. The van der Waals surface area contributed by atoms with E-state index in [1.807, 2.05) is 4.72 Å². The van der Waals surface area contributed by atoms with Crippen LogP contribution in [0.15, 0.2) is 23.1 Å². The summed E-state index contributed by atoms with van der Waals surface area (Å²) in [6.07, 6.45) is -0.265. The highest BCUT2D eigenvalue weighted by Gasteiger charge is 2.25. The maximum atomic E-state index is 12.0. The molecule has 0 aliphatic carbocycles. The number of halogens is 1. The lowest BCUT2D eigenvalue weighted by Gasteiger charge is -2.13. The Morgan fingerprint density at radius 3 is 2.60 bits per heavy atom. The molecule has 0 amide bonds. The maximum absolute atomic E-state index is 12.0. The zero-order valence-electron chi connectivity index (χ0n) is 10.1. The summed E-state index contributed by atoms with van der Waals surface area (Å²) in [6, 6.07) is 3.75. The molecule has 0 aromatic heterocycles. The zero-order chi connectivity index (χ0) is 15.3. The molecule has 0 aliphatic heterocycles. The number of carboxylic acid groups (broad SMARTS) is 1. The minimum Gasteiger partial charge on any atom is -0.480 e. The van der Waals surface area contributed by atoms with E-state index in [2.05, 4.69) is 0 Å². The van der Waals surface area contributed by atoms with Crippen LogP contribution < -0.4 is 4.72 Å². The van der Waals surface area contributed by atoms with Crippen LogP contribution in [0.3, 0.4) is 0 Å². The number of hydrogen-bond acceptors (Lipinski definition) is 5. The van der Waals surface area contributed by atoms with Gasteiger partial charge in [0.1, 0.15) is 12.1 Å². The number of nitriles is 1. The van der Waals surface area contributed by atoms with Gasteiger partial charge in [0.2, 0.25) is 10.0 Å². The van der Waals surface area contributed by atoms with Crippen LogP contribution in [0.5, 0.6) is 0 Å². The molecule has 9 heteroatoms. The second-order valence-corrected chi connectivity index (χ2v) is 5.90. The summed E-state index contributed by atoms with van der Waals surface area (Å²) in [5.74, 6) is -1.40. The van der Waals surface area contributed by atoms with Crippen molar-refractivity contribution in [3.05, 3.63) is 28.8 Å². The lowest BCUT2D eigenvalue weighted by Crippen LogP contribution is -2.41. The molecule has 7 nitrogen and oxygen atoms in total. The number of aliphatic hydroxyl groups is 1. The van der Waals surface area contributed by atoms with Crippen LogP contribution in [0.2, 0.25) is 5.02 Å². The highest BCUT2D eigenvalue weighted by atomic mass is 35.5. The van der Waals surface area contributed by atoms with Crippen molar-refractivity contribution in [1.29, 1.82) is 5.26 Å². The summed E-state index contributed by atoms with van der Waals surface area (Å²) >= 11 is 5.72. The van der Waals surface area contributed by atoms with E-state index < -0.39 is 28.6 Å². The first-order chi connectivity index (χ1) is 9.31. The quantitative estimate of drug-likeness (QED) is 0.693. The van der Waals surface area contributed by atoms with Gasteiger partial charge in [-0.25, -0.2) is 8.42 Å². The summed E-state index contributed by atoms with van der Waals surface area (Å²) in [4.78, 5) is 10.6. The Morgan fingerprint density at radius 1 is 1.50 bits per heavy atom. The van der Waals surface area contributed by atoms with Gasteiger partial charge in [0.05, 0.1) is 15.5 Å². The monoisotopic (exact) mass is 318 g/mol. The van der Waals surface area contributed by atoms with E-state index in [9.17, 15) is 13.2 Å². The Kier molecular flexibility index (Phi) is 5.47. The lowest BCUT2D eigenvalue weighted by molar-refractivity contribution is -0.139. The van der Waals surface area contributed by atoms with E-state index in [-0.39, 0.29) is 21.9 Å². The molecule has 1 atom stereocenters. The third-order valence-electron chi connectivity index (χ3n) is 2.38. The molecule has 0 saturated carbocycles. The first kappa shape index (κ1) is 16.4. The summed E-state index contributed by atoms with van der Waals surface area (Å²) in [5, 5.41) is 26.2. The highest BCUT2D eigenvalue weighted by molar-refractivity contribution is 7.89. The average Bonchev–Trinajstić information content (AvgIpc) is 2.37. The van der Waals surface area contributed by atoms with Gasteiger partial charge >= 0.3 is 5.97 Å². The molecular formula is C11H11ClN2O5S. The minimum absolute atomic E-state index is 0.0515. The standard InChI is InChI=1S/C11H11ClN2O5S/c12-9-5-8(2-1-7(9)6-13)20(18,19)14-10(3-4-15)11(16)17/h1-2,5,10,14-15H,3-4H2,(H,16,17)/t10-/m0/s1. The number of rotatable bonds is 6. The summed E-state index contributed by atoms with van der Waals surface area (Å²) < 4.78 is 25.9. The normalized spacial score (nSPS) is 12.7. The maximum Gasteiger partial charge on any atom is 0.321 e. The Labute approximate surface area is 120 Å². The van der Waals surface area contributed by atoms with Gasteiger partial charge in [0.15, 0.2) is 0 Å². The molecule has 3 N–H and O–H groups in total. The molecule has 0 aliphatic rings. The van der Waals surface area contributed by atoms with Gasteiger partial charge in [-0.3, -0.25) is 4.79 Å². The van der Waals surface area contributed by atoms with Crippen LogP contribution in [-0.2, 0) is 14.8 Å². The second-order valence-electron chi connectivity index (χ2n) is 3.78. The van der Waals surface area contributed by atoms with Crippen molar-refractivity contribution >= 4 is 27.6 Å². The van der Waals surface area contributed by atoms with E-state index >= 15 is 0 Å². The fourth-order valence-electron chi connectivity index (χ4n) is 1.37. The Bertz CT molecular complexity index is 653. The van der Waals surface area contributed by atoms with Crippen molar-refractivity contribution in [2.75, 3.05) is 6.61 Å². The van der Waals surface area contributed by atoms with Crippen molar-refractivity contribution < 1.29 is 23.4 Å². The molecule has 0 unspecified atom stereocenters. The number of nitrogens with zero attached hydrogens (tertiary/aromatic N) is 1. The predicted octanol–water partition coefficient (Wildman–Crippen LogP) is 0.326. The molecule has 1 rings (SSSR count). The molecule has 1 aromatic rings. The molecule has 20 heavy (non-hydrogen) atoms. The molecule has 108 valence electrons. The van der Waals surface area contributed by atoms with Gasteiger partial charge in [0.25, 0.3) is 0 Å². The van der Waals surface area contributed by atoms with Crippen LogP contribution >= 0.6 is 11.6 Å². The SMILES string of the molecule is N#Cc1ccc(S(=O)(=O)N[C@@H](CCO)C(=O)O)cc1Cl. The van der Waals surface area contributed by atoms with E-state index in [0.29, 0.717) is 0 Å². The van der Waals surface area contributed by atoms with E-state index in [4.69, 9.17) is 27.1 Å². The first-order valence-corrected chi connectivity index (χ1v) is 7.23. The summed E-state index contributed by atoms with van der Waals surface area (Å²) in [7, 11) is -4.11.